The van der Waals surface area contributed by atoms with Crippen molar-refractivity contribution in [2.75, 3.05) is 5.32 Å². The molecule has 0 heterocycles. The van der Waals surface area contributed by atoms with E-state index in [0.717, 1.165) is 18.2 Å². The highest BCUT2D eigenvalue weighted by atomic mass is 19.1. The number of benzene rings is 2. The van der Waals surface area contributed by atoms with Crippen LogP contribution in [0.25, 0.3) is 0 Å². The van der Waals surface area contributed by atoms with Crippen LogP contribution in [-0.2, 0) is 9.53 Å². The molecule has 6 nitrogen and oxygen atoms in total. The van der Waals surface area contributed by atoms with Crippen LogP contribution in [0.4, 0.5) is 14.9 Å². The summed E-state index contributed by atoms with van der Waals surface area (Å²) in [6, 6.07) is 12.2. The average molecular weight is 359 g/mol. The number of carboxylic acids is 1. The number of para-hydroxylation sites is 1. The molecular formula is C19H18FNO5. The number of aromatic hydroxyl groups is 1. The molecule has 0 fully saturated rings. The van der Waals surface area contributed by atoms with E-state index in [1.807, 2.05) is 0 Å². The molecule has 1 amide bonds. The second-order valence-electron chi connectivity index (χ2n) is 5.58. The number of carbonyl (C=O) groups is 2. The van der Waals surface area contributed by atoms with Crippen LogP contribution in [0.5, 0.6) is 5.75 Å². The van der Waals surface area contributed by atoms with Gasteiger partial charge in [-0.2, -0.15) is 0 Å². The van der Waals surface area contributed by atoms with Gasteiger partial charge in [0.2, 0.25) is 0 Å². The molecule has 2 aromatic carbocycles. The van der Waals surface area contributed by atoms with Crippen LogP contribution in [0.2, 0.25) is 0 Å². The molecule has 0 aliphatic rings. The molecule has 26 heavy (non-hydrogen) atoms. The van der Waals surface area contributed by atoms with Crippen LogP contribution < -0.4 is 5.32 Å². The second kappa shape index (κ2) is 8.66. The first-order valence-electron chi connectivity index (χ1n) is 7.79. The molecule has 0 saturated carbocycles. The second-order valence-corrected chi connectivity index (χ2v) is 5.58. The van der Waals surface area contributed by atoms with E-state index in [4.69, 9.17) is 9.84 Å². The van der Waals surface area contributed by atoms with E-state index in [-0.39, 0.29) is 5.56 Å². The number of hydrogen-bond acceptors (Lipinski definition) is 4. The number of nitrogens with one attached hydrogen (secondary N) is 1. The van der Waals surface area contributed by atoms with Crippen LogP contribution in [0, 0.1) is 11.7 Å². The lowest BCUT2D eigenvalue weighted by molar-refractivity contribution is -0.131. The minimum Gasteiger partial charge on any atom is -0.505 e. The van der Waals surface area contributed by atoms with Crippen LogP contribution in [0.1, 0.15) is 18.6 Å². The van der Waals surface area contributed by atoms with Crippen molar-refractivity contribution in [2.24, 2.45) is 5.92 Å². The lowest BCUT2D eigenvalue weighted by Crippen LogP contribution is -2.21. The SMILES string of the molecule is C[C@H](/C=C/C(=O)O)[C@@H](OC(=O)Nc1ccccc1)c1ccc(O)c(F)c1. The standard InChI is InChI=1S/C19H18FNO5/c1-12(7-10-17(23)24)18(13-8-9-16(22)15(20)11-13)26-19(25)21-14-5-3-2-4-6-14/h2-12,18,22H,1H3,(H,21,25)(H,23,24)/b10-7+/t12-,18-/m1/s1. The number of phenols is 1. The van der Waals surface area contributed by atoms with Gasteiger partial charge in [0.1, 0.15) is 6.10 Å². The Kier molecular flexibility index (Phi) is 6.32. The first-order valence-corrected chi connectivity index (χ1v) is 7.79. The Hall–Kier alpha value is -3.35. The number of amides is 1. The van der Waals surface area contributed by atoms with Gasteiger partial charge in [0.15, 0.2) is 11.6 Å². The Morgan fingerprint density at radius 1 is 1.19 bits per heavy atom. The smallest absolute Gasteiger partial charge is 0.412 e. The molecule has 7 heteroatoms. The highest BCUT2D eigenvalue weighted by Gasteiger charge is 2.23. The van der Waals surface area contributed by atoms with Gasteiger partial charge in [0.25, 0.3) is 0 Å². The van der Waals surface area contributed by atoms with Gasteiger partial charge in [0.05, 0.1) is 0 Å². The topological polar surface area (TPSA) is 95.9 Å². The fourth-order valence-corrected chi connectivity index (χ4v) is 2.30. The van der Waals surface area contributed by atoms with Gasteiger partial charge in [-0.25, -0.2) is 14.0 Å². The van der Waals surface area contributed by atoms with Gasteiger partial charge in [0, 0.05) is 17.7 Å². The van der Waals surface area contributed by atoms with E-state index in [2.05, 4.69) is 5.32 Å². The van der Waals surface area contributed by atoms with E-state index in [0.29, 0.717) is 5.69 Å². The highest BCUT2D eigenvalue weighted by Crippen LogP contribution is 2.30. The molecule has 2 atom stereocenters. The third-order valence-electron chi connectivity index (χ3n) is 3.57. The lowest BCUT2D eigenvalue weighted by atomic mass is 9.96. The van der Waals surface area contributed by atoms with E-state index < -0.39 is 35.7 Å². The van der Waals surface area contributed by atoms with Crippen molar-refractivity contribution in [3.63, 3.8) is 0 Å². The number of carbonyl (C=O) groups excluding carboxylic acids is 1. The zero-order chi connectivity index (χ0) is 19.1. The summed E-state index contributed by atoms with van der Waals surface area (Å²) < 4.78 is 19.1. The number of phenolic OH excluding ortho intramolecular Hbond substituents is 1. The zero-order valence-electron chi connectivity index (χ0n) is 13.9. The van der Waals surface area contributed by atoms with E-state index >= 15 is 0 Å². The molecule has 3 N–H and O–H groups in total. The maximum atomic E-state index is 13.7. The monoisotopic (exact) mass is 359 g/mol. The summed E-state index contributed by atoms with van der Waals surface area (Å²) in [7, 11) is 0. The van der Waals surface area contributed by atoms with Crippen molar-refractivity contribution in [1.82, 2.24) is 0 Å². The molecule has 0 aliphatic carbocycles. The van der Waals surface area contributed by atoms with Gasteiger partial charge in [-0.3, -0.25) is 5.32 Å². The number of halogens is 1. The summed E-state index contributed by atoms with van der Waals surface area (Å²) in [5, 5.41) is 20.6. The minimum absolute atomic E-state index is 0.283. The predicted octanol–water partition coefficient (Wildman–Crippen LogP) is 4.10. The summed E-state index contributed by atoms with van der Waals surface area (Å²) >= 11 is 0. The van der Waals surface area contributed by atoms with Gasteiger partial charge in [-0.1, -0.05) is 37.3 Å². The average Bonchev–Trinajstić information content (AvgIpc) is 2.61. The molecule has 0 saturated heterocycles. The first kappa shape index (κ1) is 19.0. The number of anilines is 1. The van der Waals surface area contributed by atoms with E-state index in [9.17, 15) is 19.1 Å². The molecular weight excluding hydrogens is 341 g/mol. The third-order valence-corrected chi connectivity index (χ3v) is 3.57. The normalized spacial score (nSPS) is 13.2. The molecule has 0 aliphatic heterocycles. The maximum Gasteiger partial charge on any atom is 0.412 e. The summed E-state index contributed by atoms with van der Waals surface area (Å²) in [4.78, 5) is 22.9. The van der Waals surface area contributed by atoms with E-state index in [1.165, 1.54) is 12.1 Å². The molecule has 0 spiro atoms. The van der Waals surface area contributed by atoms with Crippen LogP contribution >= 0.6 is 0 Å². The number of hydrogen-bond donors (Lipinski definition) is 3. The Morgan fingerprint density at radius 2 is 1.88 bits per heavy atom. The molecule has 2 aromatic rings. The van der Waals surface area contributed by atoms with Gasteiger partial charge in [-0.05, 0) is 29.8 Å². The van der Waals surface area contributed by atoms with E-state index in [1.54, 1.807) is 37.3 Å². The Balaban J connectivity index is 2.23. The fourth-order valence-electron chi connectivity index (χ4n) is 2.30. The summed E-state index contributed by atoms with van der Waals surface area (Å²) in [5.74, 6) is -3.11. The molecule has 136 valence electrons. The third kappa shape index (κ3) is 5.34. The van der Waals surface area contributed by atoms with Crippen molar-refractivity contribution in [3.05, 3.63) is 72.1 Å². The zero-order valence-corrected chi connectivity index (χ0v) is 13.9. The van der Waals surface area contributed by atoms with Gasteiger partial charge < -0.3 is 14.9 Å². The first-order chi connectivity index (χ1) is 12.4. The number of carboxylic acid groups (broad SMARTS) is 1. The minimum atomic E-state index is -1.15. The Morgan fingerprint density at radius 3 is 2.50 bits per heavy atom. The molecule has 0 bridgehead atoms. The number of rotatable bonds is 6. The number of aliphatic carboxylic acids is 1. The largest absolute Gasteiger partial charge is 0.505 e. The fraction of sp³-hybridized carbons (Fsp3) is 0.158. The van der Waals surface area contributed by atoms with Crippen LogP contribution in [-0.4, -0.2) is 22.3 Å². The predicted molar refractivity (Wildman–Crippen MR) is 93.3 cm³/mol. The van der Waals surface area contributed by atoms with Gasteiger partial charge in [-0.15, -0.1) is 0 Å². The molecule has 0 radical (unpaired) electrons. The summed E-state index contributed by atoms with van der Waals surface area (Å²) in [5.41, 5.74) is 0.799. The van der Waals surface area contributed by atoms with Crippen molar-refractivity contribution in [3.8, 4) is 5.75 Å². The van der Waals surface area contributed by atoms with Crippen molar-refractivity contribution in [2.45, 2.75) is 13.0 Å². The quantitative estimate of drug-likeness (QED) is 0.675. The lowest BCUT2D eigenvalue weighted by Gasteiger charge is -2.23. The molecule has 0 unspecified atom stereocenters. The van der Waals surface area contributed by atoms with Gasteiger partial charge >= 0.3 is 12.1 Å². The maximum absolute atomic E-state index is 13.7. The Bertz CT molecular complexity index is 807. The Labute approximate surface area is 149 Å². The van der Waals surface area contributed by atoms with Crippen molar-refractivity contribution < 1.29 is 28.9 Å². The molecule has 0 aromatic heterocycles. The van der Waals surface area contributed by atoms with Crippen molar-refractivity contribution in [1.29, 1.82) is 0 Å². The van der Waals surface area contributed by atoms with Crippen LogP contribution in [0.3, 0.4) is 0 Å². The summed E-state index contributed by atoms with van der Waals surface area (Å²) in [6.45, 7) is 1.63. The van der Waals surface area contributed by atoms with Crippen LogP contribution in [0.15, 0.2) is 60.7 Å². The molecule has 2 rings (SSSR count). The summed E-state index contributed by atoms with van der Waals surface area (Å²) in [6.07, 6.45) is 0.537. The highest BCUT2D eigenvalue weighted by molar-refractivity contribution is 5.84. The van der Waals surface area contributed by atoms with Crippen molar-refractivity contribution >= 4 is 17.7 Å². The number of ether oxygens (including phenoxy) is 1.